The first-order valence-corrected chi connectivity index (χ1v) is 27.4. The van der Waals surface area contributed by atoms with Crippen LogP contribution in [-0.2, 0) is 45.9 Å². The van der Waals surface area contributed by atoms with E-state index in [1.165, 1.54) is 9.13 Å². The predicted octanol–water partition coefficient (Wildman–Crippen LogP) is 6.48. The zero-order valence-electron chi connectivity index (χ0n) is 43.6. The first-order chi connectivity index (χ1) is 36.4. The molecule has 0 atom stereocenters. The van der Waals surface area contributed by atoms with Gasteiger partial charge in [0.2, 0.25) is 20.2 Å². The van der Waals surface area contributed by atoms with Crippen molar-refractivity contribution in [3.05, 3.63) is 209 Å². The molecule has 21 heteroatoms. The van der Waals surface area contributed by atoms with Gasteiger partial charge >= 0.3 is 22.8 Å². The molecule has 0 aliphatic rings. The van der Waals surface area contributed by atoms with Crippen LogP contribution in [-0.4, -0.2) is 60.7 Å². The summed E-state index contributed by atoms with van der Waals surface area (Å²) in [4.78, 5) is 72.7. The van der Waals surface area contributed by atoms with Crippen molar-refractivity contribution >= 4 is 31.8 Å². The Labute approximate surface area is 439 Å². The van der Waals surface area contributed by atoms with Crippen LogP contribution in [0.3, 0.4) is 0 Å². The molecule has 8 aromatic rings. The average Bonchev–Trinajstić information content (AvgIpc) is 3.41. The van der Waals surface area contributed by atoms with Gasteiger partial charge in [-0.15, -0.1) is 0 Å². The fourth-order valence-corrected chi connectivity index (χ4v) is 8.82. The number of anilines is 4. The van der Waals surface area contributed by atoms with E-state index in [4.69, 9.17) is 30.1 Å². The highest BCUT2D eigenvalue weighted by Crippen LogP contribution is 2.37. The summed E-state index contributed by atoms with van der Waals surface area (Å²) in [5.41, 5.74) is 14.7. The summed E-state index contributed by atoms with van der Waals surface area (Å²) in [6, 6.07) is 34.3. The Bertz CT molecular complexity index is 3560. The lowest BCUT2D eigenvalue weighted by Crippen LogP contribution is -2.44. The lowest BCUT2D eigenvalue weighted by Gasteiger charge is -2.36. The molecule has 0 radical (unpaired) electrons. The number of pyridine rings is 2. The minimum atomic E-state index is -2.08. The van der Waals surface area contributed by atoms with E-state index in [0.717, 1.165) is 31.6 Å². The molecule has 0 saturated carbocycles. The largest absolute Gasteiger partial charge is 0.544 e. The monoisotopic (exact) mass is 1050 g/mol. The maximum Gasteiger partial charge on any atom is 0.355 e. The molecule has 6 N–H and O–H groups in total. The molecule has 4 heterocycles. The molecule has 0 unspecified atom stereocenters. The van der Waals surface area contributed by atoms with E-state index in [1.807, 2.05) is 54.6 Å². The molecule has 0 spiro atoms. The molecule has 0 fully saturated rings. The smallest absolute Gasteiger partial charge is 0.355 e. The number of nitrogens with zero attached hydrogens (tertiary/aromatic N) is 8. The third-order valence-electron chi connectivity index (χ3n) is 13.3. The molecular formula is C55H62N12O8Si. The van der Waals surface area contributed by atoms with Crippen LogP contribution in [0.15, 0.2) is 147 Å². The lowest BCUT2D eigenvalue weighted by atomic mass is 10.2. The van der Waals surface area contributed by atoms with Gasteiger partial charge < -0.3 is 40.7 Å². The molecule has 0 amide bonds. The topological polar surface area (TPSA) is 253 Å². The minimum Gasteiger partial charge on any atom is -0.544 e. The van der Waals surface area contributed by atoms with E-state index in [2.05, 4.69) is 64.4 Å². The van der Waals surface area contributed by atoms with Crippen molar-refractivity contribution in [1.29, 1.82) is 0 Å². The maximum absolute atomic E-state index is 14.3. The normalized spacial score (nSPS) is 11.5. The van der Waals surface area contributed by atoms with Crippen LogP contribution in [0, 0.1) is 0 Å². The number of aromatic nitrogens is 8. The summed E-state index contributed by atoms with van der Waals surface area (Å²) in [5, 5.41) is 6.29. The summed E-state index contributed by atoms with van der Waals surface area (Å²) in [7, 11) is 1.07. The van der Waals surface area contributed by atoms with Crippen molar-refractivity contribution in [2.75, 3.05) is 36.3 Å². The standard InChI is InChI=1S/C55H62N12O8Si/c1-55(2,3)76(6,7)75-46-24-16-39(17-25-46)34-67-52(69)63-50(65(54(67)71)32-37-12-20-44(73-5)21-13-37)61-30-42-27-40(28-59-48(42)57)35-74-45-22-14-38(15-23-45)33-66-51(68)62-49(60-29-41-9-8-26-58-47(41)56)64(53(66)70)31-36-10-18-43(72-4)19-11-36/h8-28H,29-35H2,1-7H3,(H2,56,58)(H2,57,59)(H,60,62,68)(H,61,63,69). The Kier molecular flexibility index (Phi) is 16.2. The van der Waals surface area contributed by atoms with Crippen LogP contribution >= 0.6 is 0 Å². The summed E-state index contributed by atoms with van der Waals surface area (Å²) >= 11 is 0. The molecule has 4 aromatic carbocycles. The van der Waals surface area contributed by atoms with Gasteiger partial charge in [-0.05, 0) is 101 Å². The van der Waals surface area contributed by atoms with E-state index >= 15 is 0 Å². The van der Waals surface area contributed by atoms with Crippen LogP contribution in [0.5, 0.6) is 23.0 Å². The molecule has 8 rings (SSSR count). The highest BCUT2D eigenvalue weighted by Gasteiger charge is 2.39. The molecule has 20 nitrogen and oxygen atoms in total. The van der Waals surface area contributed by atoms with Gasteiger partial charge in [0.25, 0.3) is 0 Å². The van der Waals surface area contributed by atoms with E-state index in [1.54, 1.807) is 87.3 Å². The van der Waals surface area contributed by atoms with Gasteiger partial charge in [0.1, 0.15) is 41.2 Å². The van der Waals surface area contributed by atoms with Gasteiger partial charge in [0, 0.05) is 42.2 Å². The molecular weight excluding hydrogens is 985 g/mol. The van der Waals surface area contributed by atoms with Crippen LogP contribution in [0.2, 0.25) is 18.1 Å². The van der Waals surface area contributed by atoms with E-state index in [-0.39, 0.29) is 68.6 Å². The van der Waals surface area contributed by atoms with E-state index in [9.17, 15) is 19.2 Å². The van der Waals surface area contributed by atoms with Crippen molar-refractivity contribution in [3.63, 3.8) is 0 Å². The summed E-state index contributed by atoms with van der Waals surface area (Å²) in [6.07, 6.45) is 3.18. The average molecular weight is 1050 g/mol. The van der Waals surface area contributed by atoms with Crippen LogP contribution in [0.4, 0.5) is 23.5 Å². The number of rotatable bonds is 21. The van der Waals surface area contributed by atoms with Gasteiger partial charge in [-0.2, -0.15) is 9.97 Å². The van der Waals surface area contributed by atoms with Gasteiger partial charge in [-0.1, -0.05) is 75.4 Å². The minimum absolute atomic E-state index is 0.00283. The third-order valence-corrected chi connectivity index (χ3v) is 17.6. The van der Waals surface area contributed by atoms with Crippen molar-refractivity contribution in [2.24, 2.45) is 0 Å². The second kappa shape index (κ2) is 23.1. The Morgan fingerprint density at radius 3 is 1.41 bits per heavy atom. The maximum atomic E-state index is 14.3. The van der Waals surface area contributed by atoms with Crippen LogP contribution in [0.25, 0.3) is 0 Å². The molecule has 4 aromatic heterocycles. The number of ether oxygens (including phenoxy) is 3. The van der Waals surface area contributed by atoms with Gasteiger partial charge in [0.05, 0.1) is 40.4 Å². The SMILES string of the molecule is COc1ccc(Cn2c(NCc3cccnc3N)nc(=O)n(Cc3ccc(OCc4cnc(N)c(CNc5nc(=O)n(Cc6ccc(O[Si](C)(C)C(C)(C)C)cc6)c(=O)n5Cc5ccc(OC)cc5)c4)cc3)c2=O)cc1. The number of hydrogen-bond donors (Lipinski definition) is 4. The first-order valence-electron chi connectivity index (χ1n) is 24.5. The molecule has 0 bridgehead atoms. The van der Waals surface area contributed by atoms with E-state index in [0.29, 0.717) is 45.3 Å². The Hall–Kier alpha value is -8.98. The van der Waals surface area contributed by atoms with Crippen molar-refractivity contribution < 1.29 is 18.6 Å². The number of hydrogen-bond acceptors (Lipinski definition) is 16. The molecule has 0 aliphatic heterocycles. The predicted molar refractivity (Wildman–Crippen MR) is 295 cm³/mol. The third kappa shape index (κ3) is 12.8. The number of nitrogen functional groups attached to an aromatic ring is 2. The lowest BCUT2D eigenvalue weighted by molar-refractivity contribution is 0.305. The molecule has 394 valence electrons. The quantitative estimate of drug-likeness (QED) is 0.0562. The van der Waals surface area contributed by atoms with Crippen molar-refractivity contribution in [2.45, 2.75) is 84.8 Å². The zero-order chi connectivity index (χ0) is 54.1. The van der Waals surface area contributed by atoms with Gasteiger partial charge in [-0.25, -0.2) is 38.3 Å². The van der Waals surface area contributed by atoms with Crippen molar-refractivity contribution in [1.82, 2.24) is 38.2 Å². The second-order valence-corrected chi connectivity index (χ2v) is 24.3. The summed E-state index contributed by atoms with van der Waals surface area (Å²) in [5.74, 6) is 3.24. The summed E-state index contributed by atoms with van der Waals surface area (Å²) in [6.45, 7) is 11.4. The number of nitrogens with two attached hydrogens (primary N) is 2. The van der Waals surface area contributed by atoms with Crippen LogP contribution < -0.4 is 63.5 Å². The zero-order valence-corrected chi connectivity index (χ0v) is 44.6. The second-order valence-electron chi connectivity index (χ2n) is 19.6. The Morgan fingerprint density at radius 2 is 0.961 bits per heavy atom. The highest BCUT2D eigenvalue weighted by atomic mass is 28.4. The van der Waals surface area contributed by atoms with Crippen molar-refractivity contribution in [3.8, 4) is 23.0 Å². The van der Waals surface area contributed by atoms with E-state index < -0.39 is 31.1 Å². The van der Waals surface area contributed by atoms with Crippen LogP contribution in [0.1, 0.15) is 59.7 Å². The van der Waals surface area contributed by atoms with Gasteiger partial charge in [-0.3, -0.25) is 9.13 Å². The Morgan fingerprint density at radius 1 is 0.539 bits per heavy atom. The number of benzene rings is 4. The molecule has 0 saturated heterocycles. The fraction of sp³-hybridized carbons (Fsp3) is 0.273. The Balaban J connectivity index is 0.960. The van der Waals surface area contributed by atoms with Gasteiger partial charge in [0.15, 0.2) is 0 Å². The molecule has 0 aliphatic carbocycles. The number of nitrogens with one attached hydrogen (secondary N) is 2. The first kappa shape index (κ1) is 53.3. The fourth-order valence-electron chi connectivity index (χ4n) is 7.78. The molecule has 76 heavy (non-hydrogen) atoms. The highest BCUT2D eigenvalue weighted by molar-refractivity contribution is 6.74. The summed E-state index contributed by atoms with van der Waals surface area (Å²) < 4.78 is 28.2. The number of methoxy groups -OCH3 is 2.